The van der Waals surface area contributed by atoms with Crippen LogP contribution in [0.4, 0.5) is 0 Å². The molecule has 0 radical (unpaired) electrons. The molecular formula is C12H14BrClO. The summed E-state index contributed by atoms with van der Waals surface area (Å²) in [5.41, 5.74) is 5.06. The van der Waals surface area contributed by atoms with E-state index in [0.717, 1.165) is 32.3 Å². The Bertz CT molecular complexity index is 395. The molecule has 0 heterocycles. The van der Waals surface area contributed by atoms with Gasteiger partial charge in [-0.25, -0.2) is 0 Å². The van der Waals surface area contributed by atoms with E-state index in [4.69, 9.17) is 11.6 Å². The van der Waals surface area contributed by atoms with Crippen molar-refractivity contribution in [3.05, 3.63) is 32.3 Å². The van der Waals surface area contributed by atoms with Crippen molar-refractivity contribution in [2.75, 3.05) is 5.88 Å². The zero-order chi connectivity index (χ0) is 11.7. The minimum atomic E-state index is 0.00497. The molecule has 82 valence electrons. The number of alkyl halides is 1. The molecule has 0 bridgehead atoms. The van der Waals surface area contributed by atoms with Crippen LogP contribution >= 0.6 is 27.5 Å². The van der Waals surface area contributed by atoms with E-state index in [1.807, 2.05) is 27.7 Å². The summed E-state index contributed by atoms with van der Waals surface area (Å²) in [6, 6.07) is 0. The smallest absolute Gasteiger partial charge is 0.178 e. The van der Waals surface area contributed by atoms with Crippen molar-refractivity contribution in [2.24, 2.45) is 0 Å². The summed E-state index contributed by atoms with van der Waals surface area (Å²) in [5, 5.41) is 0. The van der Waals surface area contributed by atoms with Gasteiger partial charge in [0.2, 0.25) is 0 Å². The van der Waals surface area contributed by atoms with Gasteiger partial charge in [-0.1, -0.05) is 15.9 Å². The van der Waals surface area contributed by atoms with Crippen LogP contribution in [0.25, 0.3) is 0 Å². The first kappa shape index (κ1) is 12.7. The minimum absolute atomic E-state index is 0.00497. The summed E-state index contributed by atoms with van der Waals surface area (Å²) in [7, 11) is 0. The van der Waals surface area contributed by atoms with E-state index in [9.17, 15) is 4.79 Å². The fourth-order valence-corrected chi connectivity index (χ4v) is 2.48. The third-order valence-corrected chi connectivity index (χ3v) is 4.37. The van der Waals surface area contributed by atoms with Crippen molar-refractivity contribution in [2.45, 2.75) is 27.7 Å². The standard InChI is InChI=1S/C12H14BrClO/c1-6-8(3)12(13)9(4)7(2)11(6)10(15)5-14/h5H2,1-4H3. The molecule has 0 aliphatic carbocycles. The van der Waals surface area contributed by atoms with Crippen molar-refractivity contribution < 1.29 is 4.79 Å². The molecule has 0 aliphatic heterocycles. The molecular weight excluding hydrogens is 275 g/mol. The number of carbonyl (C=O) groups is 1. The van der Waals surface area contributed by atoms with Crippen LogP contribution in [0.1, 0.15) is 32.6 Å². The normalized spacial score (nSPS) is 10.5. The van der Waals surface area contributed by atoms with Gasteiger partial charge in [-0.2, -0.15) is 0 Å². The molecule has 0 unspecified atom stereocenters. The lowest BCUT2D eigenvalue weighted by Gasteiger charge is -2.15. The number of benzene rings is 1. The molecule has 0 spiro atoms. The predicted molar refractivity (Wildman–Crippen MR) is 68.1 cm³/mol. The highest BCUT2D eigenvalue weighted by Crippen LogP contribution is 2.30. The quantitative estimate of drug-likeness (QED) is 0.591. The highest BCUT2D eigenvalue weighted by molar-refractivity contribution is 9.10. The molecule has 0 aromatic heterocycles. The SMILES string of the molecule is Cc1c(C)c(C(=O)CCl)c(C)c(C)c1Br. The lowest BCUT2D eigenvalue weighted by molar-refractivity contribution is 0.101. The van der Waals surface area contributed by atoms with Crippen LogP contribution < -0.4 is 0 Å². The van der Waals surface area contributed by atoms with Gasteiger partial charge in [-0.05, 0) is 49.9 Å². The van der Waals surface area contributed by atoms with Crippen molar-refractivity contribution >= 4 is 33.3 Å². The molecule has 1 rings (SSSR count). The maximum atomic E-state index is 11.7. The zero-order valence-electron chi connectivity index (χ0n) is 9.37. The van der Waals surface area contributed by atoms with Gasteiger partial charge in [0, 0.05) is 10.0 Å². The Labute approximate surface area is 104 Å². The van der Waals surface area contributed by atoms with Gasteiger partial charge in [-0.15, -0.1) is 11.6 Å². The van der Waals surface area contributed by atoms with Gasteiger partial charge in [0.1, 0.15) is 0 Å². The van der Waals surface area contributed by atoms with Crippen LogP contribution in [0.2, 0.25) is 0 Å². The molecule has 0 aliphatic rings. The topological polar surface area (TPSA) is 17.1 Å². The molecule has 0 saturated carbocycles. The third kappa shape index (κ3) is 2.11. The van der Waals surface area contributed by atoms with Crippen LogP contribution in [0, 0.1) is 27.7 Å². The fourth-order valence-electron chi connectivity index (χ4n) is 1.75. The van der Waals surface area contributed by atoms with Crippen LogP contribution in [-0.4, -0.2) is 11.7 Å². The maximum absolute atomic E-state index is 11.7. The zero-order valence-corrected chi connectivity index (χ0v) is 11.7. The molecule has 0 N–H and O–H groups in total. The fraction of sp³-hybridized carbons (Fsp3) is 0.417. The molecule has 0 saturated heterocycles. The molecule has 15 heavy (non-hydrogen) atoms. The Balaban J connectivity index is 3.60. The van der Waals surface area contributed by atoms with E-state index >= 15 is 0 Å². The number of Topliss-reactive ketones (excluding diaryl/α,β-unsaturated/α-hetero) is 1. The van der Waals surface area contributed by atoms with Crippen molar-refractivity contribution in [1.29, 1.82) is 0 Å². The van der Waals surface area contributed by atoms with Gasteiger partial charge in [-0.3, -0.25) is 4.79 Å². The molecule has 1 nitrogen and oxygen atoms in total. The number of hydrogen-bond acceptors (Lipinski definition) is 1. The Morgan fingerprint density at radius 3 is 1.80 bits per heavy atom. The maximum Gasteiger partial charge on any atom is 0.178 e. The van der Waals surface area contributed by atoms with Crippen molar-refractivity contribution in [3.8, 4) is 0 Å². The van der Waals surface area contributed by atoms with Gasteiger partial charge in [0.15, 0.2) is 5.78 Å². The number of carbonyl (C=O) groups excluding carboxylic acids is 1. The summed E-state index contributed by atoms with van der Waals surface area (Å²) < 4.78 is 1.09. The average molecular weight is 290 g/mol. The molecule has 1 aromatic rings. The highest BCUT2D eigenvalue weighted by atomic mass is 79.9. The van der Waals surface area contributed by atoms with Gasteiger partial charge < -0.3 is 0 Å². The van der Waals surface area contributed by atoms with Crippen LogP contribution in [-0.2, 0) is 0 Å². The lowest BCUT2D eigenvalue weighted by Crippen LogP contribution is -2.09. The van der Waals surface area contributed by atoms with E-state index in [1.54, 1.807) is 0 Å². The second-order valence-corrected chi connectivity index (χ2v) is 4.81. The number of halogens is 2. The molecule has 0 atom stereocenters. The summed E-state index contributed by atoms with van der Waals surface area (Å²) in [6.45, 7) is 7.95. The van der Waals surface area contributed by atoms with Gasteiger partial charge in [0.05, 0.1) is 5.88 Å². The highest BCUT2D eigenvalue weighted by Gasteiger charge is 2.17. The lowest BCUT2D eigenvalue weighted by atomic mass is 9.92. The monoisotopic (exact) mass is 288 g/mol. The number of hydrogen-bond donors (Lipinski definition) is 0. The average Bonchev–Trinajstić information content (AvgIpc) is 2.23. The molecule has 3 heteroatoms. The minimum Gasteiger partial charge on any atom is -0.293 e. The summed E-state index contributed by atoms with van der Waals surface area (Å²) in [6.07, 6.45) is 0. The molecule has 1 aromatic carbocycles. The van der Waals surface area contributed by atoms with E-state index in [2.05, 4.69) is 15.9 Å². The Kier molecular flexibility index (Phi) is 3.96. The molecule has 0 amide bonds. The summed E-state index contributed by atoms with van der Waals surface area (Å²) in [5.74, 6) is 0.0488. The first-order valence-electron chi connectivity index (χ1n) is 4.76. The first-order chi connectivity index (χ1) is 6.91. The number of rotatable bonds is 2. The number of ketones is 1. The molecule has 0 fully saturated rings. The van der Waals surface area contributed by atoms with Gasteiger partial charge >= 0.3 is 0 Å². The third-order valence-electron chi connectivity index (χ3n) is 2.93. The second-order valence-electron chi connectivity index (χ2n) is 3.75. The Morgan fingerprint density at radius 1 is 1.07 bits per heavy atom. The Hall–Kier alpha value is -0.340. The largest absolute Gasteiger partial charge is 0.293 e. The van der Waals surface area contributed by atoms with Crippen molar-refractivity contribution in [3.63, 3.8) is 0 Å². The van der Waals surface area contributed by atoms with Crippen LogP contribution in [0.5, 0.6) is 0 Å². The second kappa shape index (κ2) is 4.67. The van der Waals surface area contributed by atoms with E-state index in [-0.39, 0.29) is 11.7 Å². The predicted octanol–water partition coefficient (Wildman–Crippen LogP) is 4.10. The van der Waals surface area contributed by atoms with Crippen LogP contribution in [0.15, 0.2) is 4.47 Å². The van der Waals surface area contributed by atoms with Gasteiger partial charge in [0.25, 0.3) is 0 Å². The van der Waals surface area contributed by atoms with E-state index < -0.39 is 0 Å². The van der Waals surface area contributed by atoms with E-state index in [1.165, 1.54) is 0 Å². The van der Waals surface area contributed by atoms with Crippen LogP contribution in [0.3, 0.4) is 0 Å². The Morgan fingerprint density at radius 2 is 1.47 bits per heavy atom. The summed E-state index contributed by atoms with van der Waals surface area (Å²) in [4.78, 5) is 11.7. The van der Waals surface area contributed by atoms with Crippen molar-refractivity contribution in [1.82, 2.24) is 0 Å². The van der Waals surface area contributed by atoms with E-state index in [0.29, 0.717) is 0 Å². The summed E-state index contributed by atoms with van der Waals surface area (Å²) >= 11 is 9.16. The first-order valence-corrected chi connectivity index (χ1v) is 6.09.